The molecule has 0 saturated heterocycles. The number of anilines is 1. The van der Waals surface area contributed by atoms with Gasteiger partial charge in [-0.1, -0.05) is 24.3 Å². The highest BCUT2D eigenvalue weighted by molar-refractivity contribution is 7.10. The first-order valence-electron chi connectivity index (χ1n) is 8.62. The van der Waals surface area contributed by atoms with Crippen LogP contribution in [0.15, 0.2) is 72.1 Å². The average Bonchev–Trinajstić information content (AvgIpc) is 3.24. The van der Waals surface area contributed by atoms with E-state index >= 15 is 0 Å². The summed E-state index contributed by atoms with van der Waals surface area (Å²) in [5, 5.41) is 17.2. The highest BCUT2D eigenvalue weighted by atomic mass is 32.1. The van der Waals surface area contributed by atoms with E-state index in [2.05, 4.69) is 10.6 Å². The van der Waals surface area contributed by atoms with Gasteiger partial charge in [0.25, 0.3) is 0 Å². The van der Waals surface area contributed by atoms with E-state index in [0.717, 1.165) is 0 Å². The number of para-hydroxylation sites is 1. The highest BCUT2D eigenvalue weighted by Gasteiger charge is 2.26. The number of benzene rings is 2. The topological polar surface area (TPSA) is 87.7 Å². The lowest BCUT2D eigenvalue weighted by molar-refractivity contribution is -0.136. The maximum Gasteiger partial charge on any atom is 0.313 e. The number of carbonyl (C=O) groups is 2. The van der Waals surface area contributed by atoms with Crippen LogP contribution in [0.5, 0.6) is 11.5 Å². The fourth-order valence-electron chi connectivity index (χ4n) is 2.42. The van der Waals surface area contributed by atoms with Crippen LogP contribution in [0.4, 0.5) is 5.69 Å². The molecule has 144 valence electrons. The maximum absolute atomic E-state index is 12.1. The van der Waals surface area contributed by atoms with Crippen molar-refractivity contribution in [3.05, 3.63) is 77.0 Å². The summed E-state index contributed by atoms with van der Waals surface area (Å²) in [5.74, 6) is -0.308. The third-order valence-corrected chi connectivity index (χ3v) is 5.07. The Morgan fingerprint density at radius 3 is 2.29 bits per heavy atom. The molecule has 0 aliphatic rings. The third-order valence-electron chi connectivity index (χ3n) is 3.94. The standard InChI is InChI=1S/C21H20N2O4S/c1-21(26,18-8-5-13-28-18)14-22-19(24)20(25)23-15-9-11-17(12-10-15)27-16-6-3-2-4-7-16/h2-13,26H,14H2,1H3,(H,22,24)(H,23,25)/t21-/m0/s1. The van der Waals surface area contributed by atoms with Crippen LogP contribution in [0.1, 0.15) is 11.8 Å². The zero-order valence-corrected chi connectivity index (χ0v) is 16.0. The molecule has 6 nitrogen and oxygen atoms in total. The molecular weight excluding hydrogens is 376 g/mol. The smallest absolute Gasteiger partial charge is 0.313 e. The van der Waals surface area contributed by atoms with Gasteiger partial charge >= 0.3 is 11.8 Å². The third kappa shape index (κ3) is 5.18. The number of hydrogen-bond donors (Lipinski definition) is 3. The second-order valence-electron chi connectivity index (χ2n) is 6.33. The Kier molecular flexibility index (Phi) is 6.08. The van der Waals surface area contributed by atoms with Crippen LogP contribution in [0.2, 0.25) is 0 Å². The Bertz CT molecular complexity index is 923. The summed E-state index contributed by atoms with van der Waals surface area (Å²) in [6, 6.07) is 19.6. The minimum Gasteiger partial charge on any atom is -0.457 e. The molecule has 0 aliphatic carbocycles. The van der Waals surface area contributed by atoms with Crippen molar-refractivity contribution in [2.75, 3.05) is 11.9 Å². The van der Waals surface area contributed by atoms with Crippen molar-refractivity contribution in [2.45, 2.75) is 12.5 Å². The minimum atomic E-state index is -1.24. The zero-order valence-electron chi connectivity index (χ0n) is 15.2. The zero-order chi connectivity index (χ0) is 20.0. The largest absolute Gasteiger partial charge is 0.457 e. The summed E-state index contributed by atoms with van der Waals surface area (Å²) in [6.07, 6.45) is 0. The summed E-state index contributed by atoms with van der Waals surface area (Å²) in [6.45, 7) is 1.52. The molecule has 0 unspecified atom stereocenters. The van der Waals surface area contributed by atoms with E-state index in [1.54, 1.807) is 37.3 Å². The SMILES string of the molecule is C[C@](O)(CNC(=O)C(=O)Nc1ccc(Oc2ccccc2)cc1)c1cccs1. The van der Waals surface area contributed by atoms with Gasteiger partial charge in [-0.25, -0.2) is 0 Å². The Labute approximate surface area is 166 Å². The average molecular weight is 396 g/mol. The molecule has 0 saturated carbocycles. The number of amides is 2. The molecule has 0 fully saturated rings. The highest BCUT2D eigenvalue weighted by Crippen LogP contribution is 2.24. The van der Waals surface area contributed by atoms with Crippen LogP contribution in [0.25, 0.3) is 0 Å². The summed E-state index contributed by atoms with van der Waals surface area (Å²) < 4.78 is 5.68. The number of rotatable bonds is 6. The monoisotopic (exact) mass is 396 g/mol. The first kappa shape index (κ1) is 19.6. The number of nitrogens with one attached hydrogen (secondary N) is 2. The molecule has 1 heterocycles. The van der Waals surface area contributed by atoms with Crippen LogP contribution < -0.4 is 15.4 Å². The summed E-state index contributed by atoms with van der Waals surface area (Å²) >= 11 is 1.38. The lowest BCUT2D eigenvalue weighted by Crippen LogP contribution is -2.42. The Balaban J connectivity index is 1.52. The molecule has 0 spiro atoms. The molecule has 3 rings (SSSR count). The minimum absolute atomic E-state index is 0.0659. The quantitative estimate of drug-likeness (QED) is 0.557. The number of ether oxygens (including phenoxy) is 1. The molecular formula is C21H20N2O4S. The first-order chi connectivity index (χ1) is 13.4. The normalized spacial score (nSPS) is 12.6. The molecule has 3 aromatic rings. The molecule has 0 bridgehead atoms. The summed E-state index contributed by atoms with van der Waals surface area (Å²) in [5.41, 5.74) is -0.772. The van der Waals surface area contributed by atoms with Gasteiger partial charge in [0, 0.05) is 10.6 Å². The second kappa shape index (κ2) is 8.69. The van der Waals surface area contributed by atoms with E-state index in [-0.39, 0.29) is 6.54 Å². The number of thiophene rings is 1. The van der Waals surface area contributed by atoms with Gasteiger partial charge < -0.3 is 20.5 Å². The molecule has 2 amide bonds. The van der Waals surface area contributed by atoms with E-state index < -0.39 is 17.4 Å². The Hall–Kier alpha value is -3.16. The van der Waals surface area contributed by atoms with Gasteiger partial charge in [0.05, 0.1) is 6.54 Å². The van der Waals surface area contributed by atoms with Crippen molar-refractivity contribution in [2.24, 2.45) is 0 Å². The van der Waals surface area contributed by atoms with Gasteiger partial charge in [-0.3, -0.25) is 9.59 Å². The van der Waals surface area contributed by atoms with Gasteiger partial charge in [-0.15, -0.1) is 11.3 Å². The van der Waals surface area contributed by atoms with Gasteiger partial charge in [0.1, 0.15) is 17.1 Å². The van der Waals surface area contributed by atoms with E-state index in [1.165, 1.54) is 11.3 Å². The van der Waals surface area contributed by atoms with Crippen LogP contribution in [-0.2, 0) is 15.2 Å². The molecule has 7 heteroatoms. The summed E-state index contributed by atoms with van der Waals surface area (Å²) in [7, 11) is 0. The van der Waals surface area contributed by atoms with Crippen molar-refractivity contribution in [1.29, 1.82) is 0 Å². The molecule has 2 aromatic carbocycles. The molecule has 1 atom stereocenters. The maximum atomic E-state index is 12.1. The van der Waals surface area contributed by atoms with E-state index in [4.69, 9.17) is 4.74 Å². The first-order valence-corrected chi connectivity index (χ1v) is 9.50. The lowest BCUT2D eigenvalue weighted by atomic mass is 10.1. The predicted octanol–water partition coefficient (Wildman–Crippen LogP) is 3.50. The van der Waals surface area contributed by atoms with Gasteiger partial charge in [-0.05, 0) is 54.8 Å². The molecule has 0 aliphatic heterocycles. The van der Waals surface area contributed by atoms with E-state index in [1.807, 2.05) is 41.8 Å². The van der Waals surface area contributed by atoms with E-state index in [0.29, 0.717) is 22.1 Å². The van der Waals surface area contributed by atoms with Crippen molar-refractivity contribution >= 4 is 28.8 Å². The molecule has 28 heavy (non-hydrogen) atoms. The molecule has 0 radical (unpaired) electrons. The van der Waals surface area contributed by atoms with Crippen molar-refractivity contribution in [3.8, 4) is 11.5 Å². The molecule has 1 aromatic heterocycles. The summed E-state index contributed by atoms with van der Waals surface area (Å²) in [4.78, 5) is 24.8. The Morgan fingerprint density at radius 1 is 0.964 bits per heavy atom. The number of hydrogen-bond acceptors (Lipinski definition) is 5. The van der Waals surface area contributed by atoms with E-state index in [9.17, 15) is 14.7 Å². The fraction of sp³-hybridized carbons (Fsp3) is 0.143. The van der Waals surface area contributed by atoms with Crippen molar-refractivity contribution < 1.29 is 19.4 Å². The lowest BCUT2D eigenvalue weighted by Gasteiger charge is -2.22. The second-order valence-corrected chi connectivity index (χ2v) is 7.28. The number of aliphatic hydroxyl groups is 1. The fourth-order valence-corrected chi connectivity index (χ4v) is 3.21. The predicted molar refractivity (Wildman–Crippen MR) is 108 cm³/mol. The van der Waals surface area contributed by atoms with Crippen LogP contribution in [0.3, 0.4) is 0 Å². The van der Waals surface area contributed by atoms with Crippen molar-refractivity contribution in [1.82, 2.24) is 5.32 Å². The van der Waals surface area contributed by atoms with Gasteiger partial charge in [0.2, 0.25) is 0 Å². The van der Waals surface area contributed by atoms with Gasteiger partial charge in [0.15, 0.2) is 0 Å². The van der Waals surface area contributed by atoms with Crippen molar-refractivity contribution in [3.63, 3.8) is 0 Å². The van der Waals surface area contributed by atoms with Crippen LogP contribution >= 0.6 is 11.3 Å². The number of carbonyl (C=O) groups excluding carboxylic acids is 2. The molecule has 3 N–H and O–H groups in total. The van der Waals surface area contributed by atoms with Crippen LogP contribution in [0, 0.1) is 0 Å². The van der Waals surface area contributed by atoms with Gasteiger partial charge in [-0.2, -0.15) is 0 Å². The Morgan fingerprint density at radius 2 is 1.64 bits per heavy atom. The van der Waals surface area contributed by atoms with Crippen LogP contribution in [-0.4, -0.2) is 23.5 Å².